The van der Waals surface area contributed by atoms with Crippen molar-refractivity contribution in [1.82, 2.24) is 20.2 Å². The van der Waals surface area contributed by atoms with E-state index in [0.717, 1.165) is 17.3 Å². The molecule has 0 fully saturated rings. The summed E-state index contributed by atoms with van der Waals surface area (Å²) in [5.74, 6) is 0. The zero-order valence-electron chi connectivity index (χ0n) is 15.1. The molecule has 5 heteroatoms. The summed E-state index contributed by atoms with van der Waals surface area (Å²) in [6.07, 6.45) is 1.03. The van der Waals surface area contributed by atoms with Crippen LogP contribution in [0.5, 0.6) is 0 Å². The summed E-state index contributed by atoms with van der Waals surface area (Å²) < 4.78 is 1.79. The lowest BCUT2D eigenvalue weighted by atomic mass is 10.1. The van der Waals surface area contributed by atoms with Gasteiger partial charge in [0.15, 0.2) is 0 Å². The van der Waals surface area contributed by atoms with Crippen molar-refractivity contribution in [2.24, 2.45) is 0 Å². The SMILES string of the molecule is CCc1ccc(C)c2c(Sc3nnnn3-c3ccccc3)cc(C)c-2c1. The largest absolute Gasteiger partial charge is 0.218 e. The first-order chi connectivity index (χ1) is 12.7. The molecule has 26 heavy (non-hydrogen) atoms. The number of rotatable bonds is 4. The van der Waals surface area contributed by atoms with Crippen molar-refractivity contribution in [3.63, 3.8) is 0 Å². The molecule has 1 aromatic carbocycles. The van der Waals surface area contributed by atoms with E-state index < -0.39 is 0 Å². The maximum atomic E-state index is 4.25. The van der Waals surface area contributed by atoms with Crippen LogP contribution in [-0.2, 0) is 6.42 Å². The highest BCUT2D eigenvalue weighted by Crippen LogP contribution is 2.42. The number of benzene rings is 1. The summed E-state index contributed by atoms with van der Waals surface area (Å²) in [7, 11) is 0. The van der Waals surface area contributed by atoms with Gasteiger partial charge in [0.2, 0.25) is 5.16 Å². The molecule has 0 saturated carbocycles. The van der Waals surface area contributed by atoms with Crippen LogP contribution in [0.3, 0.4) is 0 Å². The predicted molar refractivity (Wildman–Crippen MR) is 105 cm³/mol. The third kappa shape index (κ3) is 2.99. The van der Waals surface area contributed by atoms with Gasteiger partial charge >= 0.3 is 0 Å². The van der Waals surface area contributed by atoms with Crippen LogP contribution >= 0.6 is 11.8 Å². The summed E-state index contributed by atoms with van der Waals surface area (Å²) in [6, 6.07) is 19.0. The average molecular weight is 360 g/mol. The monoisotopic (exact) mass is 360 g/mol. The predicted octanol–water partition coefficient (Wildman–Crippen LogP) is 5.10. The highest BCUT2D eigenvalue weighted by Gasteiger charge is 2.19. The van der Waals surface area contributed by atoms with Crippen LogP contribution in [0.15, 0.2) is 64.6 Å². The normalized spacial score (nSPS) is 11.2. The van der Waals surface area contributed by atoms with Gasteiger partial charge in [-0.3, -0.25) is 0 Å². The molecular weight excluding hydrogens is 340 g/mol. The van der Waals surface area contributed by atoms with Crippen LogP contribution in [0.2, 0.25) is 0 Å². The Morgan fingerprint density at radius 1 is 0.962 bits per heavy atom. The van der Waals surface area contributed by atoms with Crippen molar-refractivity contribution in [1.29, 1.82) is 0 Å². The van der Waals surface area contributed by atoms with E-state index in [-0.39, 0.29) is 0 Å². The fourth-order valence-corrected chi connectivity index (χ4v) is 4.30. The van der Waals surface area contributed by atoms with Crippen molar-refractivity contribution in [2.45, 2.75) is 37.2 Å². The van der Waals surface area contributed by atoms with Crippen LogP contribution in [0.4, 0.5) is 0 Å². The van der Waals surface area contributed by atoms with Crippen molar-refractivity contribution in [3.05, 3.63) is 71.3 Å². The van der Waals surface area contributed by atoms with Gasteiger partial charge in [-0.25, -0.2) is 0 Å². The van der Waals surface area contributed by atoms with Gasteiger partial charge in [0.1, 0.15) is 0 Å². The lowest BCUT2D eigenvalue weighted by Crippen LogP contribution is -1.98. The van der Waals surface area contributed by atoms with E-state index in [9.17, 15) is 0 Å². The highest BCUT2D eigenvalue weighted by molar-refractivity contribution is 7.99. The fraction of sp³-hybridized carbons (Fsp3) is 0.190. The van der Waals surface area contributed by atoms with Crippen LogP contribution in [0.1, 0.15) is 23.6 Å². The number of hydrogen-bond donors (Lipinski definition) is 0. The van der Waals surface area contributed by atoms with Gasteiger partial charge in [0, 0.05) is 4.90 Å². The Morgan fingerprint density at radius 3 is 2.54 bits per heavy atom. The first-order valence-electron chi connectivity index (χ1n) is 8.72. The molecule has 0 amide bonds. The van der Waals surface area contributed by atoms with E-state index >= 15 is 0 Å². The van der Waals surface area contributed by atoms with Gasteiger partial charge in [-0.05, 0) is 88.5 Å². The number of aromatic nitrogens is 4. The first kappa shape index (κ1) is 16.8. The minimum absolute atomic E-state index is 0.768. The molecule has 4 nitrogen and oxygen atoms in total. The average Bonchev–Trinajstić information content (AvgIpc) is 3.18. The summed E-state index contributed by atoms with van der Waals surface area (Å²) in [6.45, 7) is 6.54. The molecule has 0 spiro atoms. The van der Waals surface area contributed by atoms with Gasteiger partial charge in [0.05, 0.1) is 5.69 Å². The van der Waals surface area contributed by atoms with Gasteiger partial charge < -0.3 is 0 Å². The molecule has 0 N–H and O–H groups in total. The van der Waals surface area contributed by atoms with Gasteiger partial charge in [-0.2, -0.15) is 4.68 Å². The van der Waals surface area contributed by atoms with Crippen LogP contribution in [-0.4, -0.2) is 20.2 Å². The van der Waals surface area contributed by atoms with Crippen molar-refractivity contribution < 1.29 is 0 Å². The van der Waals surface area contributed by atoms with Gasteiger partial charge in [-0.1, -0.05) is 43.3 Å². The van der Waals surface area contributed by atoms with Crippen molar-refractivity contribution >= 4 is 11.8 Å². The van der Waals surface area contributed by atoms with Crippen LogP contribution in [0.25, 0.3) is 16.8 Å². The third-order valence-corrected chi connectivity index (χ3v) is 5.59. The molecule has 0 atom stereocenters. The maximum Gasteiger partial charge on any atom is 0.218 e. The number of tetrazole rings is 1. The number of aryl methyl sites for hydroxylation is 3. The van der Waals surface area contributed by atoms with Gasteiger partial charge in [-0.15, -0.1) is 5.10 Å². The van der Waals surface area contributed by atoms with Crippen LogP contribution < -0.4 is 0 Å². The minimum atomic E-state index is 0.768. The Labute approximate surface area is 157 Å². The number of nitrogens with zero attached hydrogens (tertiary/aromatic N) is 4. The molecule has 0 aliphatic heterocycles. The number of para-hydroxylation sites is 1. The molecule has 0 bridgehead atoms. The van der Waals surface area contributed by atoms with E-state index in [0.29, 0.717) is 0 Å². The minimum Gasteiger partial charge on any atom is -0.187 e. The topological polar surface area (TPSA) is 43.6 Å². The molecule has 2 aliphatic carbocycles. The van der Waals surface area contributed by atoms with Crippen LogP contribution in [0, 0.1) is 13.8 Å². The molecule has 0 radical (unpaired) electrons. The van der Waals surface area contributed by atoms with E-state index in [4.69, 9.17) is 0 Å². The van der Waals surface area contributed by atoms with Crippen molar-refractivity contribution in [2.75, 3.05) is 0 Å². The Kier molecular flexibility index (Phi) is 4.47. The molecule has 4 rings (SSSR count). The smallest absolute Gasteiger partial charge is 0.187 e. The first-order valence-corrected chi connectivity index (χ1v) is 9.53. The zero-order valence-corrected chi connectivity index (χ0v) is 15.9. The molecule has 130 valence electrons. The third-order valence-electron chi connectivity index (χ3n) is 4.61. The summed E-state index contributed by atoms with van der Waals surface area (Å²) >= 11 is 1.62. The van der Waals surface area contributed by atoms with E-state index in [1.807, 2.05) is 30.3 Å². The summed E-state index contributed by atoms with van der Waals surface area (Å²) in [5.41, 5.74) is 7.47. The second-order valence-electron chi connectivity index (χ2n) is 6.38. The maximum absolute atomic E-state index is 4.25. The Morgan fingerprint density at radius 2 is 1.77 bits per heavy atom. The lowest BCUT2D eigenvalue weighted by molar-refractivity contribution is 0.756. The van der Waals surface area contributed by atoms with E-state index in [1.54, 1.807) is 16.4 Å². The van der Waals surface area contributed by atoms with Crippen molar-refractivity contribution in [3.8, 4) is 16.8 Å². The van der Waals surface area contributed by atoms with E-state index in [2.05, 4.69) is 60.6 Å². The Hall–Kier alpha value is -2.66. The number of fused-ring (bicyclic) bond motifs is 1. The molecule has 1 aromatic heterocycles. The molecular formula is C21H20N4S. The highest BCUT2D eigenvalue weighted by atomic mass is 32.2. The van der Waals surface area contributed by atoms with Gasteiger partial charge in [0.25, 0.3) is 0 Å². The molecule has 1 heterocycles. The molecule has 0 saturated heterocycles. The summed E-state index contributed by atoms with van der Waals surface area (Å²) in [4.78, 5) is 1.19. The standard InChI is InChI=1S/C21H20N4S/c1-4-16-11-10-14(2)20-18(13-16)15(3)12-19(20)26-21-22-23-24-25(21)17-8-6-5-7-9-17/h5-13H,4H2,1-3H3. The second kappa shape index (κ2) is 6.92. The molecule has 2 aliphatic rings. The fourth-order valence-electron chi connectivity index (χ4n) is 3.19. The zero-order chi connectivity index (χ0) is 18.1. The van der Waals surface area contributed by atoms with E-state index in [1.165, 1.54) is 32.7 Å². The Bertz CT molecular complexity index is 1020. The quantitative estimate of drug-likeness (QED) is 0.508. The number of hydrogen-bond acceptors (Lipinski definition) is 4. The molecule has 0 unspecified atom stereocenters. The second-order valence-corrected chi connectivity index (χ2v) is 7.39. The summed E-state index contributed by atoms with van der Waals surface area (Å²) in [5, 5.41) is 13.1. The lowest BCUT2D eigenvalue weighted by Gasteiger charge is -2.06. The molecule has 2 aromatic rings. The Balaban J connectivity index is 1.79.